The summed E-state index contributed by atoms with van der Waals surface area (Å²) in [6.07, 6.45) is 4.23. The van der Waals surface area contributed by atoms with Crippen LogP contribution in [0.15, 0.2) is 40.8 Å². The van der Waals surface area contributed by atoms with Crippen molar-refractivity contribution in [2.75, 3.05) is 26.8 Å². The van der Waals surface area contributed by atoms with E-state index in [1.165, 1.54) is 0 Å². The molecule has 192 valence electrons. The summed E-state index contributed by atoms with van der Waals surface area (Å²) in [7, 11) is 1.69. The van der Waals surface area contributed by atoms with Gasteiger partial charge >= 0.3 is 0 Å². The molecule has 7 heteroatoms. The largest absolute Gasteiger partial charge is 0.461 e. The summed E-state index contributed by atoms with van der Waals surface area (Å²) in [6, 6.07) is 11.5. The molecule has 0 bridgehead atoms. The number of unbranched alkanes of at least 4 members (excludes halogenated alkanes) is 1. The molecule has 1 aromatic heterocycles. The van der Waals surface area contributed by atoms with Crippen LogP contribution in [-0.2, 0) is 15.1 Å². The molecule has 1 aliphatic carbocycles. The number of aliphatic hydroxyl groups excluding tert-OH is 1. The first-order valence-corrected chi connectivity index (χ1v) is 12.9. The number of aryl methyl sites for hydroxylation is 1. The van der Waals surface area contributed by atoms with E-state index >= 15 is 0 Å². The van der Waals surface area contributed by atoms with Gasteiger partial charge in [-0.3, -0.25) is 4.79 Å². The molecule has 1 aromatic carbocycles. The Labute approximate surface area is 208 Å². The van der Waals surface area contributed by atoms with Gasteiger partial charge in [0.2, 0.25) is 5.91 Å². The Bertz CT molecular complexity index is 981. The average molecular weight is 485 g/mol. The third-order valence-electron chi connectivity index (χ3n) is 7.89. The van der Waals surface area contributed by atoms with E-state index in [1.54, 1.807) is 7.11 Å². The fourth-order valence-electron chi connectivity index (χ4n) is 5.93. The van der Waals surface area contributed by atoms with E-state index < -0.39 is 11.7 Å². The highest BCUT2D eigenvalue weighted by Crippen LogP contribution is 2.44. The van der Waals surface area contributed by atoms with E-state index in [0.29, 0.717) is 39.0 Å². The second-order valence-electron chi connectivity index (χ2n) is 10.4. The quantitative estimate of drug-likeness (QED) is 0.469. The predicted octanol–water partition coefficient (Wildman–Crippen LogP) is 3.60. The number of ether oxygens (including phenoxy) is 1. The molecule has 2 fully saturated rings. The number of likely N-dealkylation sites (tertiary alicyclic amines) is 1. The molecule has 5 atom stereocenters. The molecule has 1 saturated carbocycles. The summed E-state index contributed by atoms with van der Waals surface area (Å²) in [5.41, 5.74) is 6.61. The highest BCUT2D eigenvalue weighted by atomic mass is 16.5. The molecule has 1 aliphatic heterocycles. The number of carbonyl (C=O) groups is 1. The first-order chi connectivity index (χ1) is 16.8. The average Bonchev–Trinajstić information content (AvgIpc) is 3.46. The van der Waals surface area contributed by atoms with Gasteiger partial charge in [0, 0.05) is 50.2 Å². The lowest BCUT2D eigenvalue weighted by Crippen LogP contribution is -2.49. The lowest BCUT2D eigenvalue weighted by Gasteiger charge is -2.44. The summed E-state index contributed by atoms with van der Waals surface area (Å²) >= 11 is 0. The van der Waals surface area contributed by atoms with Gasteiger partial charge < -0.3 is 30.0 Å². The van der Waals surface area contributed by atoms with Crippen LogP contribution in [0.25, 0.3) is 11.3 Å². The minimum Gasteiger partial charge on any atom is -0.461 e. The third kappa shape index (κ3) is 5.64. The van der Waals surface area contributed by atoms with Gasteiger partial charge in [-0.2, -0.15) is 0 Å². The summed E-state index contributed by atoms with van der Waals surface area (Å²) in [5.74, 6) is 1.26. The third-order valence-corrected chi connectivity index (χ3v) is 7.89. The highest BCUT2D eigenvalue weighted by Gasteiger charge is 2.44. The van der Waals surface area contributed by atoms with Crippen molar-refractivity contribution in [3.8, 4) is 11.3 Å². The number of carbonyl (C=O) groups excluding carboxylic acids is 1. The molecule has 2 aromatic rings. The van der Waals surface area contributed by atoms with Crippen LogP contribution in [0.4, 0.5) is 0 Å². The second kappa shape index (κ2) is 11.2. The van der Waals surface area contributed by atoms with Crippen LogP contribution in [0.3, 0.4) is 0 Å². The fourth-order valence-corrected chi connectivity index (χ4v) is 5.93. The first kappa shape index (κ1) is 25.9. The molecule has 2 aliphatic rings. The molecule has 4 N–H and O–H groups in total. The number of furan rings is 1. The van der Waals surface area contributed by atoms with Crippen LogP contribution in [0, 0.1) is 18.8 Å². The fraction of sp³-hybridized carbons (Fsp3) is 0.607. The molecule has 1 amide bonds. The molecule has 0 radical (unpaired) electrons. The Balaban J connectivity index is 1.62. The lowest BCUT2D eigenvalue weighted by atomic mass is 9.72. The zero-order valence-electron chi connectivity index (χ0n) is 21.0. The Morgan fingerprint density at radius 1 is 1.23 bits per heavy atom. The van der Waals surface area contributed by atoms with Gasteiger partial charge in [-0.1, -0.05) is 24.3 Å². The number of hydrogen-bond acceptors (Lipinski definition) is 6. The van der Waals surface area contributed by atoms with E-state index in [4.69, 9.17) is 14.9 Å². The van der Waals surface area contributed by atoms with Crippen molar-refractivity contribution in [1.29, 1.82) is 0 Å². The second-order valence-corrected chi connectivity index (χ2v) is 10.4. The van der Waals surface area contributed by atoms with Gasteiger partial charge in [-0.15, -0.1) is 0 Å². The SMILES string of the molecule is COCCCCC(O)(c1ccccc1-c1ccc(C)o1)C1CCCN(C(=O)C2CC(N)C(O)C2)C1. The van der Waals surface area contributed by atoms with Gasteiger partial charge in [-0.05, 0) is 69.6 Å². The van der Waals surface area contributed by atoms with Crippen molar-refractivity contribution < 1.29 is 24.2 Å². The number of benzene rings is 1. The van der Waals surface area contributed by atoms with Crippen molar-refractivity contribution in [2.24, 2.45) is 17.6 Å². The van der Waals surface area contributed by atoms with Gasteiger partial charge in [-0.25, -0.2) is 0 Å². The van der Waals surface area contributed by atoms with Crippen molar-refractivity contribution in [1.82, 2.24) is 4.90 Å². The lowest BCUT2D eigenvalue weighted by molar-refractivity contribution is -0.141. The molecule has 1 saturated heterocycles. The zero-order chi connectivity index (χ0) is 25.0. The van der Waals surface area contributed by atoms with Crippen molar-refractivity contribution in [3.63, 3.8) is 0 Å². The van der Waals surface area contributed by atoms with Crippen LogP contribution in [-0.4, -0.2) is 60.0 Å². The van der Waals surface area contributed by atoms with E-state index in [2.05, 4.69) is 0 Å². The molecule has 7 nitrogen and oxygen atoms in total. The standard InChI is InChI=1S/C28H40N2O5/c1-19-11-12-26(35-19)22-9-3-4-10-23(22)28(33,13-5-6-15-34-2)21-8-7-14-30(18-21)27(32)20-16-24(29)25(31)17-20/h3-4,9-12,20-21,24-25,31,33H,5-8,13-18,29H2,1-2H3. The minimum absolute atomic E-state index is 0.0541. The predicted molar refractivity (Wildman–Crippen MR) is 135 cm³/mol. The van der Waals surface area contributed by atoms with E-state index in [1.807, 2.05) is 48.2 Å². The number of hydrogen-bond donors (Lipinski definition) is 3. The van der Waals surface area contributed by atoms with Gasteiger partial charge in [0.1, 0.15) is 11.5 Å². The van der Waals surface area contributed by atoms with Crippen LogP contribution in [0.5, 0.6) is 0 Å². The van der Waals surface area contributed by atoms with Crippen molar-refractivity contribution in [2.45, 2.75) is 69.6 Å². The molecule has 4 rings (SSSR count). The first-order valence-electron chi connectivity index (χ1n) is 12.9. The Morgan fingerprint density at radius 2 is 2.03 bits per heavy atom. The molecular formula is C28H40N2O5. The topological polar surface area (TPSA) is 109 Å². The van der Waals surface area contributed by atoms with Crippen LogP contribution >= 0.6 is 0 Å². The Kier molecular flexibility index (Phi) is 8.32. The van der Waals surface area contributed by atoms with Gasteiger partial charge in [0.15, 0.2) is 0 Å². The van der Waals surface area contributed by atoms with E-state index in [-0.39, 0.29) is 23.8 Å². The number of piperidine rings is 1. The summed E-state index contributed by atoms with van der Waals surface area (Å²) < 4.78 is 11.2. The Hall–Kier alpha value is -2.19. The minimum atomic E-state index is -1.12. The number of nitrogens with zero attached hydrogens (tertiary/aromatic N) is 1. The van der Waals surface area contributed by atoms with E-state index in [9.17, 15) is 15.0 Å². The number of amides is 1. The number of rotatable bonds is 9. The maximum atomic E-state index is 13.3. The van der Waals surface area contributed by atoms with Crippen molar-refractivity contribution in [3.05, 3.63) is 47.7 Å². The van der Waals surface area contributed by atoms with Gasteiger partial charge in [0.25, 0.3) is 0 Å². The summed E-state index contributed by atoms with van der Waals surface area (Å²) in [4.78, 5) is 15.2. The number of aliphatic hydroxyl groups is 2. The Morgan fingerprint density at radius 3 is 2.71 bits per heavy atom. The smallest absolute Gasteiger partial charge is 0.225 e. The van der Waals surface area contributed by atoms with Crippen LogP contribution < -0.4 is 5.73 Å². The van der Waals surface area contributed by atoms with Crippen LogP contribution in [0.2, 0.25) is 0 Å². The zero-order valence-corrected chi connectivity index (χ0v) is 21.0. The van der Waals surface area contributed by atoms with E-state index in [0.717, 1.165) is 48.3 Å². The molecule has 0 spiro atoms. The van der Waals surface area contributed by atoms with Gasteiger partial charge in [0.05, 0.1) is 11.7 Å². The maximum Gasteiger partial charge on any atom is 0.225 e. The highest BCUT2D eigenvalue weighted by molar-refractivity contribution is 5.79. The maximum absolute atomic E-state index is 13.3. The number of nitrogens with two attached hydrogens (primary N) is 1. The molecule has 2 heterocycles. The molecule has 5 unspecified atom stereocenters. The summed E-state index contributed by atoms with van der Waals surface area (Å²) in [6.45, 7) is 3.73. The monoisotopic (exact) mass is 484 g/mol. The van der Waals surface area contributed by atoms with Crippen molar-refractivity contribution >= 4 is 5.91 Å². The molecular weight excluding hydrogens is 444 g/mol. The molecule has 35 heavy (non-hydrogen) atoms. The summed E-state index contributed by atoms with van der Waals surface area (Å²) in [5, 5.41) is 22.5. The van der Waals surface area contributed by atoms with Crippen LogP contribution in [0.1, 0.15) is 56.3 Å². The normalized spacial score (nSPS) is 26.6. The number of methoxy groups -OCH3 is 1.